The van der Waals surface area contributed by atoms with Gasteiger partial charge in [0.25, 0.3) is 5.56 Å². The average molecular weight is 562 g/mol. The number of halogens is 1. The number of esters is 1. The third kappa shape index (κ3) is 5.10. The second-order valence-corrected chi connectivity index (χ2v) is 8.91. The van der Waals surface area contributed by atoms with E-state index in [-0.39, 0.29) is 24.6 Å². The highest BCUT2D eigenvalue weighted by molar-refractivity contribution is 6.01. The molecular weight excluding hydrogens is 534 g/mol. The molecule has 0 aliphatic carbocycles. The van der Waals surface area contributed by atoms with Gasteiger partial charge in [0.15, 0.2) is 17.7 Å². The Labute approximate surface area is 236 Å². The molecule has 0 saturated carbocycles. The third-order valence-corrected chi connectivity index (χ3v) is 6.58. The molecule has 5 aromatic rings. The second-order valence-electron chi connectivity index (χ2n) is 8.91. The number of aliphatic hydroxyl groups excluding tert-OH is 1. The van der Waals surface area contributed by atoms with Crippen molar-refractivity contribution < 1.29 is 24.1 Å². The van der Waals surface area contributed by atoms with Gasteiger partial charge in [-0.3, -0.25) is 19.9 Å². The number of carbonyl (C=O) groups excluding carboxylic acids is 1. The van der Waals surface area contributed by atoms with Gasteiger partial charge in [-0.15, -0.1) is 12.4 Å². The number of hydrogen-bond donors (Lipinski definition) is 2. The van der Waals surface area contributed by atoms with Crippen LogP contribution in [-0.4, -0.2) is 34.8 Å². The molecule has 0 aliphatic heterocycles. The number of para-hydroxylation sites is 1. The van der Waals surface area contributed by atoms with E-state index in [1.165, 1.54) is 24.7 Å². The van der Waals surface area contributed by atoms with E-state index in [2.05, 4.69) is 4.98 Å². The average Bonchev–Trinajstić information content (AvgIpc) is 2.94. The molecule has 206 valence electrons. The Morgan fingerprint density at radius 3 is 2.42 bits per heavy atom. The first kappa shape index (κ1) is 28.6. The van der Waals surface area contributed by atoms with Crippen LogP contribution in [0.3, 0.4) is 0 Å². The Balaban J connectivity index is 0.00000370. The molecule has 2 aromatic heterocycles. The van der Waals surface area contributed by atoms with Gasteiger partial charge in [-0.1, -0.05) is 18.2 Å². The van der Waals surface area contributed by atoms with E-state index in [9.17, 15) is 14.7 Å². The van der Waals surface area contributed by atoms with Gasteiger partial charge in [0, 0.05) is 24.8 Å². The molecular formula is C30H28ClN3O6. The van der Waals surface area contributed by atoms with Crippen molar-refractivity contribution in [3.05, 3.63) is 94.4 Å². The largest absolute Gasteiger partial charge is 0.493 e. The van der Waals surface area contributed by atoms with E-state index < -0.39 is 12.2 Å². The topological polar surface area (TPSA) is 126 Å². The molecule has 0 amide bonds. The molecule has 0 fully saturated rings. The zero-order chi connectivity index (χ0) is 27.7. The summed E-state index contributed by atoms with van der Waals surface area (Å²) in [4.78, 5) is 29.4. The summed E-state index contributed by atoms with van der Waals surface area (Å²) in [7, 11) is 3.08. The number of fused-ring (bicyclic) bond motifs is 2. The number of hydrogen-bond acceptors (Lipinski definition) is 8. The predicted octanol–water partition coefficient (Wildman–Crippen LogP) is 4.66. The van der Waals surface area contributed by atoms with Crippen molar-refractivity contribution in [2.45, 2.75) is 19.8 Å². The fourth-order valence-electron chi connectivity index (χ4n) is 4.93. The Kier molecular flexibility index (Phi) is 8.39. The Morgan fingerprint density at radius 1 is 1.00 bits per heavy atom. The lowest BCUT2D eigenvalue weighted by Gasteiger charge is -2.23. The number of methoxy groups -OCH3 is 2. The van der Waals surface area contributed by atoms with E-state index in [1.807, 2.05) is 24.3 Å². The number of nitrogens with two attached hydrogens (primary N) is 1. The Bertz CT molecular complexity index is 1790. The molecule has 1 unspecified atom stereocenters. The first-order chi connectivity index (χ1) is 18.9. The number of nitrogens with zero attached hydrogens (tertiary/aromatic N) is 2. The quantitative estimate of drug-likeness (QED) is 0.217. The minimum atomic E-state index is -1.17. The summed E-state index contributed by atoms with van der Waals surface area (Å²) >= 11 is 0. The molecule has 9 nitrogen and oxygen atoms in total. The summed E-state index contributed by atoms with van der Waals surface area (Å²) in [5, 5.41) is 12.7. The van der Waals surface area contributed by atoms with Gasteiger partial charge in [-0.2, -0.15) is 0 Å². The highest BCUT2D eigenvalue weighted by Crippen LogP contribution is 2.42. The van der Waals surface area contributed by atoms with Crippen molar-refractivity contribution in [3.63, 3.8) is 0 Å². The van der Waals surface area contributed by atoms with Crippen molar-refractivity contribution in [3.8, 4) is 28.4 Å². The van der Waals surface area contributed by atoms with Crippen LogP contribution in [0.1, 0.15) is 24.3 Å². The molecule has 2 heterocycles. The Morgan fingerprint density at radius 2 is 1.73 bits per heavy atom. The van der Waals surface area contributed by atoms with E-state index in [0.717, 1.165) is 10.8 Å². The fraction of sp³-hybridized carbons (Fsp3) is 0.167. The lowest BCUT2D eigenvalue weighted by molar-refractivity contribution is -0.146. The number of benzene rings is 3. The van der Waals surface area contributed by atoms with Crippen LogP contribution in [0, 0.1) is 0 Å². The van der Waals surface area contributed by atoms with Crippen LogP contribution in [0.25, 0.3) is 38.6 Å². The van der Waals surface area contributed by atoms with Gasteiger partial charge in [0.2, 0.25) is 0 Å². The van der Waals surface area contributed by atoms with Gasteiger partial charge in [-0.05, 0) is 75.3 Å². The number of aliphatic hydroxyl groups is 1. The van der Waals surface area contributed by atoms with Gasteiger partial charge >= 0.3 is 5.97 Å². The maximum absolute atomic E-state index is 13.0. The predicted molar refractivity (Wildman–Crippen MR) is 155 cm³/mol. The molecule has 3 N–H and O–H groups in total. The van der Waals surface area contributed by atoms with Crippen LogP contribution < -0.4 is 20.8 Å². The molecule has 5 rings (SSSR count). The second kappa shape index (κ2) is 11.7. The van der Waals surface area contributed by atoms with E-state index >= 15 is 0 Å². The highest BCUT2D eigenvalue weighted by atomic mass is 35.5. The molecule has 40 heavy (non-hydrogen) atoms. The zero-order valence-electron chi connectivity index (χ0n) is 22.1. The molecule has 1 atom stereocenters. The molecule has 0 radical (unpaired) electrons. The van der Waals surface area contributed by atoms with Crippen LogP contribution in [0.15, 0.2) is 77.7 Å². The summed E-state index contributed by atoms with van der Waals surface area (Å²) in [5.41, 5.74) is 9.00. The molecule has 10 heteroatoms. The minimum absolute atomic E-state index is 0. The van der Waals surface area contributed by atoms with Crippen LogP contribution in [0.5, 0.6) is 11.5 Å². The van der Waals surface area contributed by atoms with E-state index in [0.29, 0.717) is 50.5 Å². The first-order valence-electron chi connectivity index (χ1n) is 12.2. The summed E-state index contributed by atoms with van der Waals surface area (Å²) in [6.07, 6.45) is 0.423. The normalized spacial score (nSPS) is 11.6. The first-order valence-corrected chi connectivity index (χ1v) is 12.2. The summed E-state index contributed by atoms with van der Waals surface area (Å²) in [5.74, 6) is 0.816. The molecule has 0 bridgehead atoms. The lowest BCUT2D eigenvalue weighted by Crippen LogP contribution is -2.20. The number of aromatic nitrogens is 2. The maximum Gasteiger partial charge on any atom is 0.304 e. The Hall–Kier alpha value is -4.44. The standard InChI is InChI=1S/C30H27N3O6.ClH/c1-17(35)39-30(31)29-21(16-34)12-20-13-24(37-2)25(38-3)15-22(20)28(29)19-10-11-32-26(14-19)33-23-7-5-4-6-18(23)8-9-27(33)36;/h4-15,30,34H,16,31H2,1-3H3;1H. The highest BCUT2D eigenvalue weighted by Gasteiger charge is 2.24. The smallest absolute Gasteiger partial charge is 0.304 e. The van der Waals surface area contributed by atoms with Gasteiger partial charge in [-0.25, -0.2) is 4.98 Å². The lowest BCUT2D eigenvalue weighted by atomic mass is 9.89. The number of rotatable bonds is 7. The van der Waals surface area contributed by atoms with Gasteiger partial charge < -0.3 is 19.3 Å². The van der Waals surface area contributed by atoms with Crippen LogP contribution in [0.2, 0.25) is 0 Å². The van der Waals surface area contributed by atoms with Crippen molar-refractivity contribution in [2.24, 2.45) is 5.73 Å². The monoisotopic (exact) mass is 561 g/mol. The van der Waals surface area contributed by atoms with Gasteiger partial charge in [0.05, 0.1) is 26.3 Å². The van der Waals surface area contributed by atoms with Crippen molar-refractivity contribution in [1.29, 1.82) is 0 Å². The van der Waals surface area contributed by atoms with E-state index in [4.69, 9.17) is 19.9 Å². The van der Waals surface area contributed by atoms with Gasteiger partial charge in [0.1, 0.15) is 5.82 Å². The van der Waals surface area contributed by atoms with Crippen LogP contribution >= 0.6 is 12.4 Å². The molecule has 3 aromatic carbocycles. The number of ether oxygens (including phenoxy) is 3. The summed E-state index contributed by atoms with van der Waals surface area (Å²) in [6.45, 7) is 0.910. The molecule has 0 saturated heterocycles. The van der Waals surface area contributed by atoms with Crippen LogP contribution in [-0.2, 0) is 16.1 Å². The SMILES string of the molecule is COc1cc2cc(CO)c(C(N)OC(C)=O)c(-c3ccnc(-n4c(=O)ccc5ccccc54)c3)c2cc1OC.Cl. The summed E-state index contributed by atoms with van der Waals surface area (Å²) in [6, 6.07) is 19.7. The number of pyridine rings is 2. The number of carbonyl (C=O) groups is 1. The minimum Gasteiger partial charge on any atom is -0.493 e. The summed E-state index contributed by atoms with van der Waals surface area (Å²) < 4.78 is 18.0. The van der Waals surface area contributed by atoms with Crippen molar-refractivity contribution >= 4 is 40.1 Å². The van der Waals surface area contributed by atoms with Crippen molar-refractivity contribution in [1.82, 2.24) is 9.55 Å². The maximum atomic E-state index is 13.0. The van der Waals surface area contributed by atoms with Crippen molar-refractivity contribution in [2.75, 3.05) is 14.2 Å². The zero-order valence-corrected chi connectivity index (χ0v) is 22.9. The molecule has 0 spiro atoms. The third-order valence-electron chi connectivity index (χ3n) is 6.58. The molecule has 0 aliphatic rings. The fourth-order valence-corrected chi connectivity index (χ4v) is 4.93. The van der Waals surface area contributed by atoms with E-state index in [1.54, 1.807) is 49.7 Å². The van der Waals surface area contributed by atoms with Crippen LogP contribution in [0.4, 0.5) is 0 Å².